The van der Waals surface area contributed by atoms with Crippen molar-refractivity contribution in [2.24, 2.45) is 10.5 Å². The van der Waals surface area contributed by atoms with Crippen LogP contribution in [0.3, 0.4) is 0 Å². The second kappa shape index (κ2) is 27.0. The highest BCUT2D eigenvalue weighted by Gasteiger charge is 2.26. The van der Waals surface area contributed by atoms with Crippen molar-refractivity contribution in [2.75, 3.05) is 11.6 Å². The number of H-pyrrole nitrogens is 1. The molecule has 0 fully saturated rings. The quantitative estimate of drug-likeness (QED) is 0.0920. The summed E-state index contributed by atoms with van der Waals surface area (Å²) in [5.41, 5.74) is 11.8. The third-order valence-electron chi connectivity index (χ3n) is 13.7. The molecule has 0 radical (unpaired) electrons. The van der Waals surface area contributed by atoms with Crippen LogP contribution in [0.5, 0.6) is 0 Å². The highest BCUT2D eigenvalue weighted by atomic mass is 16.3. The first-order valence-corrected chi connectivity index (χ1v) is 27.3. The van der Waals surface area contributed by atoms with Crippen molar-refractivity contribution in [3.63, 3.8) is 0 Å². The molecule has 0 saturated heterocycles. The Morgan fingerprint density at radius 2 is 1.15 bits per heavy atom. The number of imidazole rings is 2. The Hall–Kier alpha value is -6.31. The highest BCUT2D eigenvalue weighted by molar-refractivity contribution is 5.80. The molecule has 0 amide bonds. The van der Waals surface area contributed by atoms with Gasteiger partial charge in [-0.25, -0.2) is 14.5 Å². The lowest BCUT2D eigenvalue weighted by molar-refractivity contribution is 0.0672. The molecule has 13 nitrogen and oxygen atoms in total. The lowest BCUT2D eigenvalue weighted by Gasteiger charge is -2.28. The summed E-state index contributed by atoms with van der Waals surface area (Å²) < 4.78 is 5.18. The van der Waals surface area contributed by atoms with Crippen molar-refractivity contribution in [3.8, 4) is 16.9 Å². The zero-order valence-corrected chi connectivity index (χ0v) is 48.3. The number of aromatic amines is 1. The summed E-state index contributed by atoms with van der Waals surface area (Å²) in [6.45, 7) is 36.7. The van der Waals surface area contributed by atoms with Gasteiger partial charge in [-0.1, -0.05) is 150 Å². The van der Waals surface area contributed by atoms with Crippen LogP contribution in [0.25, 0.3) is 28.0 Å². The Labute approximate surface area is 448 Å². The highest BCUT2D eigenvalue weighted by Crippen LogP contribution is 2.27. The third kappa shape index (κ3) is 16.6. The lowest BCUT2D eigenvalue weighted by atomic mass is 9.92. The molecule has 7 aromatic rings. The van der Waals surface area contributed by atoms with Crippen molar-refractivity contribution in [1.29, 1.82) is 0 Å². The Morgan fingerprint density at radius 3 is 1.61 bits per heavy atom. The van der Waals surface area contributed by atoms with E-state index in [0.717, 1.165) is 58.8 Å². The van der Waals surface area contributed by atoms with Crippen LogP contribution in [0.4, 0.5) is 5.69 Å². The predicted molar refractivity (Wildman–Crippen MR) is 312 cm³/mol. The van der Waals surface area contributed by atoms with E-state index in [9.17, 15) is 15.0 Å². The topological polar surface area (TPSA) is 146 Å². The van der Waals surface area contributed by atoms with E-state index in [1.54, 1.807) is 20.7 Å². The smallest absolute Gasteiger partial charge is 0.332 e. The normalized spacial score (nSPS) is 14.2. The molecule has 0 unspecified atom stereocenters. The molecule has 0 saturated carbocycles. The van der Waals surface area contributed by atoms with Crippen molar-refractivity contribution in [1.82, 2.24) is 39.1 Å². The molecule has 13 heteroatoms. The van der Waals surface area contributed by atoms with Crippen molar-refractivity contribution < 1.29 is 10.2 Å². The Balaban J connectivity index is 0.000000185. The van der Waals surface area contributed by atoms with Crippen LogP contribution in [-0.2, 0) is 6.42 Å². The van der Waals surface area contributed by atoms with Gasteiger partial charge in [-0.2, -0.15) is 5.10 Å². The van der Waals surface area contributed by atoms with Gasteiger partial charge in [-0.3, -0.25) is 14.1 Å². The largest absolute Gasteiger partial charge is 0.391 e. The van der Waals surface area contributed by atoms with Crippen LogP contribution in [-0.4, -0.2) is 80.6 Å². The number of nitrogens with one attached hydrogen (secondary N) is 1. The standard InChI is InChI=1S/C16H25N3O.C16H23N3O.C15H20N2O.C15H22N2/c1-5-16(13(4)20)19-11-18(10-17-19)15-8-6-14(7-9-15)12(2)3;1-5-16(12(4)20)19-10-15(17-18-19)14-8-6-13(7-9-14)11(2)3;1-11(2)13-5-7-14(8-6-13)17-10-9-16(12(3)4)15(17)18;1-10(2)11-6-7-12-13(8-11)17-14(16-12)9-15(3,4)5/h6-10,12-13,16,20H,5,11H2,1-4H3;6-12,16,20H,5H2,1-4H3;5-12H,1-4H3;6-8,10H,9H2,1-5H3,(H,16,17)/t13-,16+;12-,16+;;/m11../s1. The number of aliphatic hydroxyl groups is 2. The van der Waals surface area contributed by atoms with E-state index in [0.29, 0.717) is 30.3 Å². The van der Waals surface area contributed by atoms with E-state index in [1.807, 2.05) is 69.8 Å². The summed E-state index contributed by atoms with van der Waals surface area (Å²) in [4.78, 5) is 22.3. The molecule has 4 atom stereocenters. The van der Waals surface area contributed by atoms with E-state index in [4.69, 9.17) is 0 Å². The maximum atomic E-state index is 12.2. The number of nitrogens with zero attached hydrogens (tertiary/aromatic N) is 9. The number of hydrazone groups is 1. The molecule has 75 heavy (non-hydrogen) atoms. The second-order valence-electron chi connectivity index (χ2n) is 22.9. The van der Waals surface area contributed by atoms with E-state index >= 15 is 0 Å². The van der Waals surface area contributed by atoms with Gasteiger partial charge in [-0.15, -0.1) is 5.10 Å². The Kier molecular flexibility index (Phi) is 21.4. The molecule has 8 rings (SSSR count). The number of aromatic nitrogens is 7. The fourth-order valence-electron chi connectivity index (χ4n) is 8.93. The predicted octanol–water partition coefficient (Wildman–Crippen LogP) is 14.0. The first-order chi connectivity index (χ1) is 35.4. The van der Waals surface area contributed by atoms with Crippen molar-refractivity contribution in [2.45, 2.75) is 191 Å². The van der Waals surface area contributed by atoms with Crippen LogP contribution in [0.2, 0.25) is 0 Å². The zero-order valence-electron chi connectivity index (χ0n) is 48.3. The minimum atomic E-state index is -0.433. The average molecular weight is 1020 g/mol. The van der Waals surface area contributed by atoms with Gasteiger partial charge in [0.25, 0.3) is 0 Å². The summed E-state index contributed by atoms with van der Waals surface area (Å²) in [5, 5.41) is 34.3. The van der Waals surface area contributed by atoms with Gasteiger partial charge < -0.3 is 20.1 Å². The number of hydrogen-bond acceptors (Lipinski definition) is 9. The van der Waals surface area contributed by atoms with Gasteiger partial charge in [0, 0.05) is 36.1 Å². The summed E-state index contributed by atoms with van der Waals surface area (Å²) in [6.07, 6.45) is 9.30. The molecule has 1 aliphatic heterocycles. The fraction of sp³-hybridized carbons (Fsp3) is 0.500. The average Bonchev–Trinajstić information content (AvgIpc) is 4.19. The molecule has 406 valence electrons. The second-order valence-corrected chi connectivity index (χ2v) is 22.9. The number of fused-ring (bicyclic) bond motifs is 1. The SMILES string of the molecule is CC(C)c1ccc(-n2ccn(C(C)C)c2=O)cc1.CC(C)c1ccc2nc(CC(C)(C)C)[nH]c2c1.CC[C@@H]([C@@H](C)O)N1CN(c2ccc(C(C)C)cc2)C=N1.CC[C@@H]([C@@H](C)O)n1cc(-c2ccc(C(C)C)cc2)nn1. The molecule has 3 aromatic heterocycles. The molecule has 0 spiro atoms. The van der Waals surface area contributed by atoms with E-state index < -0.39 is 6.10 Å². The van der Waals surface area contributed by atoms with Gasteiger partial charge in [-0.05, 0) is 128 Å². The van der Waals surface area contributed by atoms with Crippen LogP contribution < -0.4 is 10.6 Å². The number of hydrogen-bond donors (Lipinski definition) is 3. The lowest BCUT2D eigenvalue weighted by Crippen LogP contribution is -2.40. The summed E-state index contributed by atoms with van der Waals surface area (Å²) in [6, 6.07) is 31.9. The van der Waals surface area contributed by atoms with Crippen molar-refractivity contribution >= 4 is 23.1 Å². The van der Waals surface area contributed by atoms with Gasteiger partial charge in [0.15, 0.2) is 0 Å². The number of aliphatic hydroxyl groups excluding tert-OH is 2. The van der Waals surface area contributed by atoms with Crippen LogP contribution in [0, 0.1) is 5.41 Å². The zero-order chi connectivity index (χ0) is 55.3. The van der Waals surface area contributed by atoms with Gasteiger partial charge in [0.1, 0.15) is 24.5 Å². The van der Waals surface area contributed by atoms with Crippen LogP contribution in [0.15, 0.2) is 119 Å². The summed E-state index contributed by atoms with van der Waals surface area (Å²) >= 11 is 0. The molecule has 4 heterocycles. The molecule has 3 N–H and O–H groups in total. The fourth-order valence-corrected chi connectivity index (χ4v) is 8.93. The first kappa shape index (κ1) is 59.6. The number of anilines is 1. The van der Waals surface area contributed by atoms with Gasteiger partial charge in [0.05, 0.1) is 47.2 Å². The maximum Gasteiger partial charge on any atom is 0.332 e. The minimum Gasteiger partial charge on any atom is -0.391 e. The monoisotopic (exact) mass is 1020 g/mol. The Bertz CT molecular complexity index is 2870. The third-order valence-corrected chi connectivity index (χ3v) is 13.7. The molecule has 0 bridgehead atoms. The van der Waals surface area contributed by atoms with Crippen molar-refractivity contribution in [3.05, 3.63) is 148 Å². The van der Waals surface area contributed by atoms with Gasteiger partial charge in [0.2, 0.25) is 0 Å². The number of benzene rings is 4. The minimum absolute atomic E-state index is 0.0160. The van der Waals surface area contributed by atoms with E-state index in [2.05, 4.69) is 192 Å². The molecule has 0 aliphatic carbocycles. The van der Waals surface area contributed by atoms with Gasteiger partial charge >= 0.3 is 5.69 Å². The summed E-state index contributed by atoms with van der Waals surface area (Å²) in [7, 11) is 0. The van der Waals surface area contributed by atoms with E-state index in [-0.39, 0.29) is 35.3 Å². The molecular formula is C62H90N10O3. The summed E-state index contributed by atoms with van der Waals surface area (Å²) in [5.74, 6) is 3.24. The van der Waals surface area contributed by atoms with Crippen LogP contribution in [0.1, 0.15) is 194 Å². The van der Waals surface area contributed by atoms with E-state index in [1.165, 1.54) is 22.3 Å². The van der Waals surface area contributed by atoms with Crippen LogP contribution >= 0.6 is 0 Å². The Morgan fingerprint density at radius 1 is 0.640 bits per heavy atom. The molecule has 4 aromatic carbocycles. The number of rotatable bonds is 15. The molecule has 1 aliphatic rings. The maximum absolute atomic E-state index is 12.2. The first-order valence-electron chi connectivity index (χ1n) is 27.3. The molecular weight excluding hydrogens is 933 g/mol.